The van der Waals surface area contributed by atoms with Gasteiger partial charge in [0, 0.05) is 45.3 Å². The highest BCUT2D eigenvalue weighted by molar-refractivity contribution is 14.0. The molecule has 1 unspecified atom stereocenters. The second-order valence-electron chi connectivity index (χ2n) is 7.34. The van der Waals surface area contributed by atoms with E-state index in [0.29, 0.717) is 12.6 Å². The van der Waals surface area contributed by atoms with Gasteiger partial charge in [0.1, 0.15) is 0 Å². The molecule has 2 rings (SSSR count). The van der Waals surface area contributed by atoms with Gasteiger partial charge in [-0.3, -0.25) is 4.99 Å². The number of halogens is 1. The van der Waals surface area contributed by atoms with E-state index in [2.05, 4.69) is 27.4 Å². The number of aliphatic imine (C=N–C) groups is 1. The third kappa shape index (κ3) is 8.41. The van der Waals surface area contributed by atoms with Gasteiger partial charge >= 0.3 is 6.09 Å². The van der Waals surface area contributed by atoms with Crippen molar-refractivity contribution in [2.75, 3.05) is 46.4 Å². The molecule has 0 spiro atoms. The fourth-order valence-electron chi connectivity index (χ4n) is 3.79. The minimum absolute atomic E-state index is 0. The van der Waals surface area contributed by atoms with Crippen molar-refractivity contribution in [2.45, 2.75) is 64.5 Å². The van der Waals surface area contributed by atoms with E-state index in [9.17, 15) is 4.79 Å². The lowest BCUT2D eigenvalue weighted by Gasteiger charge is -2.33. The number of likely N-dealkylation sites (tertiary alicyclic amines) is 2. The maximum Gasteiger partial charge on any atom is 0.409 e. The van der Waals surface area contributed by atoms with Gasteiger partial charge in [0.05, 0.1) is 6.61 Å². The number of amides is 1. The Morgan fingerprint density at radius 3 is 2.56 bits per heavy atom. The van der Waals surface area contributed by atoms with Gasteiger partial charge in [-0.25, -0.2) is 4.79 Å². The lowest BCUT2D eigenvalue weighted by molar-refractivity contribution is 0.0963. The minimum atomic E-state index is -0.194. The summed E-state index contributed by atoms with van der Waals surface area (Å²) in [6.45, 7) is 9.43. The van der Waals surface area contributed by atoms with Gasteiger partial charge in [-0.1, -0.05) is 6.42 Å². The first-order valence-electron chi connectivity index (χ1n) is 10.3. The average molecular weight is 495 g/mol. The average Bonchev–Trinajstić information content (AvgIpc) is 2.66. The Bertz CT molecular complexity index is 455. The molecular formula is C19H38IN5O2. The van der Waals surface area contributed by atoms with Crippen LogP contribution in [0.2, 0.25) is 0 Å². The molecule has 0 bridgehead atoms. The SMILES string of the molecule is CCOC(=O)N1CCC(NC(=NC)NCCCN2CCCCC2C)CC1.I. The van der Waals surface area contributed by atoms with Crippen LogP contribution in [0.4, 0.5) is 4.79 Å². The third-order valence-corrected chi connectivity index (χ3v) is 5.44. The fourth-order valence-corrected chi connectivity index (χ4v) is 3.79. The molecule has 7 nitrogen and oxygen atoms in total. The Hall–Kier alpha value is -0.770. The number of nitrogens with zero attached hydrogens (tertiary/aromatic N) is 3. The van der Waals surface area contributed by atoms with Crippen LogP contribution < -0.4 is 10.6 Å². The van der Waals surface area contributed by atoms with Crippen molar-refractivity contribution >= 4 is 36.0 Å². The van der Waals surface area contributed by atoms with Crippen LogP contribution in [0.1, 0.15) is 52.4 Å². The van der Waals surface area contributed by atoms with Gasteiger partial charge in [-0.2, -0.15) is 0 Å². The van der Waals surface area contributed by atoms with Gasteiger partial charge in [0.2, 0.25) is 0 Å². The highest BCUT2D eigenvalue weighted by Crippen LogP contribution is 2.16. The molecule has 8 heteroatoms. The van der Waals surface area contributed by atoms with E-state index in [4.69, 9.17) is 4.74 Å². The van der Waals surface area contributed by atoms with Crippen LogP contribution in [0.3, 0.4) is 0 Å². The summed E-state index contributed by atoms with van der Waals surface area (Å²) in [7, 11) is 1.82. The number of hydrogen-bond acceptors (Lipinski definition) is 4. The normalized spacial score (nSPS) is 22.1. The molecule has 1 amide bonds. The standard InChI is InChI=1S/C19H37N5O2.HI/c1-4-26-19(25)24-14-9-17(10-15-24)22-18(20-3)21-11-7-13-23-12-6-5-8-16(23)2;/h16-17H,4-15H2,1-3H3,(H2,20,21,22);1H. The highest BCUT2D eigenvalue weighted by Gasteiger charge is 2.24. The number of hydrogen-bond donors (Lipinski definition) is 2. The lowest BCUT2D eigenvalue weighted by Crippen LogP contribution is -2.50. The summed E-state index contributed by atoms with van der Waals surface area (Å²) in [4.78, 5) is 20.5. The molecule has 0 aromatic heterocycles. The summed E-state index contributed by atoms with van der Waals surface area (Å²) in [5, 5.41) is 6.92. The number of carbonyl (C=O) groups is 1. The van der Waals surface area contributed by atoms with Crippen LogP contribution in [0.5, 0.6) is 0 Å². The van der Waals surface area contributed by atoms with E-state index in [1.165, 1.54) is 25.8 Å². The van der Waals surface area contributed by atoms with Crippen molar-refractivity contribution in [2.24, 2.45) is 4.99 Å². The number of piperidine rings is 2. The maximum absolute atomic E-state index is 11.8. The number of carbonyl (C=O) groups excluding carboxylic acids is 1. The highest BCUT2D eigenvalue weighted by atomic mass is 127. The molecule has 2 heterocycles. The van der Waals surface area contributed by atoms with Gasteiger partial charge in [-0.15, -0.1) is 24.0 Å². The molecule has 2 aliphatic rings. The third-order valence-electron chi connectivity index (χ3n) is 5.44. The van der Waals surface area contributed by atoms with E-state index in [1.54, 1.807) is 4.90 Å². The first kappa shape index (κ1) is 24.3. The largest absolute Gasteiger partial charge is 0.450 e. The molecule has 0 aliphatic carbocycles. The monoisotopic (exact) mass is 495 g/mol. The number of guanidine groups is 1. The molecule has 2 fully saturated rings. The van der Waals surface area contributed by atoms with Gasteiger partial charge < -0.3 is 25.2 Å². The molecule has 0 saturated carbocycles. The van der Waals surface area contributed by atoms with Crippen molar-refractivity contribution in [3.05, 3.63) is 0 Å². The van der Waals surface area contributed by atoms with Crippen LogP contribution in [0.25, 0.3) is 0 Å². The topological polar surface area (TPSA) is 69.2 Å². The lowest BCUT2D eigenvalue weighted by atomic mass is 10.0. The molecule has 2 aliphatic heterocycles. The van der Waals surface area contributed by atoms with Crippen LogP contribution >= 0.6 is 24.0 Å². The van der Waals surface area contributed by atoms with Crippen molar-refractivity contribution in [3.63, 3.8) is 0 Å². The number of ether oxygens (including phenoxy) is 1. The molecule has 0 radical (unpaired) electrons. The zero-order chi connectivity index (χ0) is 18.8. The second kappa shape index (κ2) is 13.4. The smallest absolute Gasteiger partial charge is 0.409 e. The molecule has 2 N–H and O–H groups in total. The van der Waals surface area contributed by atoms with Crippen LogP contribution in [-0.4, -0.2) is 80.3 Å². The zero-order valence-electron chi connectivity index (χ0n) is 17.2. The van der Waals surface area contributed by atoms with Crippen molar-refractivity contribution in [1.82, 2.24) is 20.4 Å². The Balaban J connectivity index is 0.00000364. The second-order valence-corrected chi connectivity index (χ2v) is 7.34. The van der Waals surface area contributed by atoms with E-state index in [-0.39, 0.29) is 30.1 Å². The fraction of sp³-hybridized carbons (Fsp3) is 0.895. The summed E-state index contributed by atoms with van der Waals surface area (Å²) in [6, 6.07) is 1.08. The van der Waals surface area contributed by atoms with E-state index in [0.717, 1.165) is 57.4 Å². The summed E-state index contributed by atoms with van der Waals surface area (Å²) in [5.41, 5.74) is 0. The number of nitrogens with one attached hydrogen (secondary N) is 2. The van der Waals surface area contributed by atoms with Crippen molar-refractivity contribution < 1.29 is 9.53 Å². The Kier molecular flexibility index (Phi) is 12.1. The predicted octanol–water partition coefficient (Wildman–Crippen LogP) is 2.65. The summed E-state index contributed by atoms with van der Waals surface area (Å²) in [6.07, 6.45) is 6.83. The van der Waals surface area contributed by atoms with Crippen LogP contribution in [0, 0.1) is 0 Å². The first-order chi connectivity index (χ1) is 12.6. The first-order valence-corrected chi connectivity index (χ1v) is 10.3. The van der Waals surface area contributed by atoms with Gasteiger partial charge in [-0.05, 0) is 52.5 Å². The summed E-state index contributed by atoms with van der Waals surface area (Å²) >= 11 is 0. The Morgan fingerprint density at radius 2 is 1.93 bits per heavy atom. The molecule has 158 valence electrons. The minimum Gasteiger partial charge on any atom is -0.450 e. The van der Waals surface area contributed by atoms with Crippen molar-refractivity contribution in [3.8, 4) is 0 Å². The molecule has 2 saturated heterocycles. The molecule has 0 aromatic rings. The van der Waals surface area contributed by atoms with Crippen molar-refractivity contribution in [1.29, 1.82) is 0 Å². The summed E-state index contributed by atoms with van der Waals surface area (Å²) < 4.78 is 5.07. The van der Waals surface area contributed by atoms with Gasteiger partial charge in [0.25, 0.3) is 0 Å². The number of rotatable bonds is 6. The molecule has 0 aromatic carbocycles. The predicted molar refractivity (Wildman–Crippen MR) is 121 cm³/mol. The molecule has 1 atom stereocenters. The quantitative estimate of drug-likeness (QED) is 0.257. The molecule has 27 heavy (non-hydrogen) atoms. The Morgan fingerprint density at radius 1 is 1.19 bits per heavy atom. The van der Waals surface area contributed by atoms with Crippen LogP contribution in [0.15, 0.2) is 4.99 Å². The maximum atomic E-state index is 11.8. The summed E-state index contributed by atoms with van der Waals surface area (Å²) in [5.74, 6) is 0.867. The van der Waals surface area contributed by atoms with Crippen LogP contribution in [-0.2, 0) is 4.74 Å². The molecular weight excluding hydrogens is 457 g/mol. The zero-order valence-corrected chi connectivity index (χ0v) is 19.5. The van der Waals surface area contributed by atoms with E-state index >= 15 is 0 Å². The Labute approximate surface area is 181 Å². The van der Waals surface area contributed by atoms with E-state index in [1.807, 2.05) is 14.0 Å². The van der Waals surface area contributed by atoms with Gasteiger partial charge in [0.15, 0.2) is 5.96 Å². The van der Waals surface area contributed by atoms with E-state index < -0.39 is 0 Å².